The summed E-state index contributed by atoms with van der Waals surface area (Å²) in [7, 11) is 5.73. The molecule has 0 aliphatic heterocycles. The molecule has 8 aromatic carbocycles. The highest BCUT2D eigenvalue weighted by molar-refractivity contribution is 6.37. The van der Waals surface area contributed by atoms with E-state index in [9.17, 15) is 40.9 Å². The standard InChI is InChI=1S/C51H30BN3O11/c52-43-32(57)20-31(56)41(44(43)58)50(53)55-51(42-45(59)47(61)49(63)48(62)46(42)60)54-21-25-5-3-9-36-39(25)29-18-24(13-16-34(29)64-36)26-7-4-10-37-40(26)30-17-22(12-15-35(30)65-37)23-11-14-28-27-6-1-2-8-33(27)66-38(28)19-23/h1-21,53,56-63H. The van der Waals surface area contributed by atoms with Gasteiger partial charge in [-0.3, -0.25) is 5.41 Å². The van der Waals surface area contributed by atoms with Gasteiger partial charge in [0.2, 0.25) is 17.2 Å². The smallest absolute Gasteiger partial charge is 0.208 e. The Kier molecular flexibility index (Phi) is 8.74. The average molecular weight is 872 g/mol. The van der Waals surface area contributed by atoms with Gasteiger partial charge in [0.25, 0.3) is 0 Å². The molecule has 0 saturated heterocycles. The maximum absolute atomic E-state index is 10.9. The fraction of sp³-hybridized carbons (Fsp3) is 0. The van der Waals surface area contributed by atoms with Crippen molar-refractivity contribution in [3.63, 3.8) is 0 Å². The molecule has 14 nitrogen and oxygen atoms in total. The zero-order chi connectivity index (χ0) is 45.7. The molecule has 3 heterocycles. The summed E-state index contributed by atoms with van der Waals surface area (Å²) in [4.78, 5) is 8.39. The largest absolute Gasteiger partial charge is 0.508 e. The summed E-state index contributed by atoms with van der Waals surface area (Å²) < 4.78 is 18.8. The Morgan fingerprint density at radius 3 is 1.79 bits per heavy atom. The second-order valence-corrected chi connectivity index (χ2v) is 15.5. The second kappa shape index (κ2) is 14.6. The maximum atomic E-state index is 10.9. The number of nitrogens with zero attached hydrogens (tertiary/aromatic N) is 2. The van der Waals surface area contributed by atoms with Gasteiger partial charge in [-0.15, -0.1) is 0 Å². The summed E-state index contributed by atoms with van der Waals surface area (Å²) in [5.74, 6) is -10.2. The topological polar surface area (TPSA) is 250 Å². The van der Waals surface area contributed by atoms with Gasteiger partial charge in [-0.05, 0) is 82.3 Å². The third-order valence-corrected chi connectivity index (χ3v) is 11.7. The number of hydrogen-bond donors (Lipinski definition) is 9. The van der Waals surface area contributed by atoms with Crippen molar-refractivity contribution in [2.45, 2.75) is 0 Å². The summed E-state index contributed by atoms with van der Waals surface area (Å²) in [6.45, 7) is 0. The van der Waals surface area contributed by atoms with Crippen molar-refractivity contribution in [1.82, 2.24) is 0 Å². The van der Waals surface area contributed by atoms with E-state index in [0.29, 0.717) is 38.7 Å². The summed E-state index contributed by atoms with van der Waals surface area (Å²) in [5, 5.41) is 97.8. The van der Waals surface area contributed by atoms with E-state index in [2.05, 4.69) is 28.2 Å². The molecule has 15 heteroatoms. The first-order valence-corrected chi connectivity index (χ1v) is 20.1. The first-order chi connectivity index (χ1) is 31.9. The van der Waals surface area contributed by atoms with E-state index in [0.717, 1.165) is 61.0 Å². The lowest BCUT2D eigenvalue weighted by Crippen LogP contribution is -2.11. The molecule has 0 fully saturated rings. The van der Waals surface area contributed by atoms with E-state index in [1.165, 1.54) is 6.21 Å². The van der Waals surface area contributed by atoms with Gasteiger partial charge in [-0.2, -0.15) is 0 Å². The van der Waals surface area contributed by atoms with Gasteiger partial charge in [-0.1, -0.05) is 60.7 Å². The maximum Gasteiger partial charge on any atom is 0.208 e. The van der Waals surface area contributed by atoms with Crippen LogP contribution in [0.2, 0.25) is 0 Å². The van der Waals surface area contributed by atoms with E-state index in [-0.39, 0.29) is 0 Å². The van der Waals surface area contributed by atoms with E-state index >= 15 is 0 Å². The molecule has 3 aromatic heterocycles. The van der Waals surface area contributed by atoms with Gasteiger partial charge in [0, 0.05) is 50.2 Å². The monoisotopic (exact) mass is 871 g/mol. The van der Waals surface area contributed by atoms with Crippen LogP contribution >= 0.6 is 0 Å². The lowest BCUT2D eigenvalue weighted by atomic mass is 9.90. The minimum atomic E-state index is -1.25. The highest BCUT2D eigenvalue weighted by atomic mass is 16.4. The second-order valence-electron chi connectivity index (χ2n) is 15.5. The third-order valence-electron chi connectivity index (χ3n) is 11.7. The number of furan rings is 3. The number of benzene rings is 8. The quantitative estimate of drug-likeness (QED) is 0.0259. The van der Waals surface area contributed by atoms with Crippen LogP contribution in [0, 0.1) is 5.41 Å². The molecule has 0 spiro atoms. The Morgan fingerprint density at radius 2 is 1.03 bits per heavy atom. The lowest BCUT2D eigenvalue weighted by molar-refractivity contribution is 0.327. The average Bonchev–Trinajstić information content (AvgIpc) is 4.02. The fourth-order valence-corrected chi connectivity index (χ4v) is 8.51. The van der Waals surface area contributed by atoms with Crippen molar-refractivity contribution >= 4 is 97.0 Å². The van der Waals surface area contributed by atoms with Crippen molar-refractivity contribution in [2.75, 3.05) is 0 Å². The zero-order valence-corrected chi connectivity index (χ0v) is 33.9. The van der Waals surface area contributed by atoms with Crippen LogP contribution in [0.3, 0.4) is 0 Å². The van der Waals surface area contributed by atoms with Crippen LogP contribution in [0.25, 0.3) is 88.1 Å². The minimum Gasteiger partial charge on any atom is -0.508 e. The van der Waals surface area contributed by atoms with Crippen LogP contribution in [0.5, 0.6) is 46.0 Å². The molecule has 11 aromatic rings. The molecule has 2 radical (unpaired) electrons. The van der Waals surface area contributed by atoms with Crippen LogP contribution in [0.4, 0.5) is 0 Å². The van der Waals surface area contributed by atoms with Gasteiger partial charge < -0.3 is 54.1 Å². The molecule has 0 atom stereocenters. The van der Waals surface area contributed by atoms with Crippen molar-refractivity contribution in [3.8, 4) is 68.2 Å². The third kappa shape index (κ3) is 6.02. The fourth-order valence-electron chi connectivity index (χ4n) is 8.51. The lowest BCUT2D eigenvalue weighted by Gasteiger charge is -2.13. The van der Waals surface area contributed by atoms with E-state index in [1.54, 1.807) is 18.2 Å². The van der Waals surface area contributed by atoms with Crippen LogP contribution in [0.15, 0.2) is 145 Å². The van der Waals surface area contributed by atoms with Crippen LogP contribution in [-0.2, 0) is 0 Å². The SMILES string of the molecule is [B]c1c(O)cc(O)c(C(=N)N=C(N=Cc2cccc3oc4ccc(-c5cccc6oc7ccc(-c8ccc9c(c8)oc8ccccc89)cc7c56)cc4c23)c2c(O)c(O)c(O)c(O)c2O)c1O. The van der Waals surface area contributed by atoms with E-state index in [1.807, 2.05) is 78.9 Å². The number of phenolic OH excluding ortho intramolecular Hbond substituents is 8. The van der Waals surface area contributed by atoms with Gasteiger partial charge >= 0.3 is 0 Å². The predicted molar refractivity (Wildman–Crippen MR) is 252 cm³/mol. The number of aromatic hydroxyl groups is 8. The number of para-hydroxylation sites is 1. The predicted octanol–water partition coefficient (Wildman–Crippen LogP) is 10.0. The number of hydrogen-bond acceptors (Lipinski definition) is 12. The van der Waals surface area contributed by atoms with Gasteiger partial charge in [0.05, 0.1) is 0 Å². The van der Waals surface area contributed by atoms with Crippen LogP contribution in [-0.4, -0.2) is 66.6 Å². The molecule has 11 rings (SSSR count). The molecule has 0 amide bonds. The molecule has 0 unspecified atom stereocenters. The summed E-state index contributed by atoms with van der Waals surface area (Å²) in [5.41, 5.74) is 5.96. The number of aliphatic imine (C=N–C) groups is 2. The highest BCUT2D eigenvalue weighted by Crippen LogP contribution is 2.51. The summed E-state index contributed by atoms with van der Waals surface area (Å²) >= 11 is 0. The van der Waals surface area contributed by atoms with Crippen molar-refractivity contribution in [3.05, 3.63) is 138 Å². The molecular weight excluding hydrogens is 841 g/mol. The summed E-state index contributed by atoms with van der Waals surface area (Å²) in [6.07, 6.45) is 1.26. The van der Waals surface area contributed by atoms with Gasteiger partial charge in [0.15, 0.2) is 23.2 Å². The Bertz CT molecular complexity index is 3950. The molecule has 0 saturated carbocycles. The van der Waals surface area contributed by atoms with Crippen LogP contribution < -0.4 is 5.46 Å². The van der Waals surface area contributed by atoms with Crippen LogP contribution in [0.1, 0.15) is 16.7 Å². The molecular formula is C51H30BN3O11. The summed E-state index contributed by atoms with van der Waals surface area (Å²) in [6, 6.07) is 37.7. The zero-order valence-electron chi connectivity index (χ0n) is 33.9. The number of rotatable bonds is 5. The Hall–Kier alpha value is -9.37. The highest BCUT2D eigenvalue weighted by Gasteiger charge is 2.28. The van der Waals surface area contributed by atoms with Gasteiger partial charge in [-0.25, -0.2) is 9.98 Å². The molecule has 318 valence electrons. The number of phenols is 8. The number of amidine groups is 2. The Labute approximate surface area is 371 Å². The minimum absolute atomic E-state index is 0.409. The van der Waals surface area contributed by atoms with Crippen molar-refractivity contribution in [1.29, 1.82) is 5.41 Å². The molecule has 0 aliphatic carbocycles. The Balaban J connectivity index is 1.04. The van der Waals surface area contributed by atoms with E-state index < -0.39 is 74.3 Å². The van der Waals surface area contributed by atoms with Crippen molar-refractivity contribution < 1.29 is 54.1 Å². The number of fused-ring (bicyclic) bond motifs is 9. The number of nitrogens with one attached hydrogen (secondary N) is 1. The molecule has 0 bridgehead atoms. The van der Waals surface area contributed by atoms with Gasteiger partial charge in [0.1, 0.15) is 69.7 Å². The normalized spacial score (nSPS) is 12.3. The van der Waals surface area contributed by atoms with Crippen molar-refractivity contribution in [2.24, 2.45) is 9.98 Å². The molecule has 66 heavy (non-hydrogen) atoms. The van der Waals surface area contributed by atoms with E-state index in [4.69, 9.17) is 26.5 Å². The first-order valence-electron chi connectivity index (χ1n) is 20.1. The Morgan fingerprint density at radius 1 is 0.470 bits per heavy atom. The molecule has 9 N–H and O–H groups in total. The first kappa shape index (κ1) is 39.5. The molecule has 0 aliphatic rings.